The van der Waals surface area contributed by atoms with Crippen LogP contribution in [0.5, 0.6) is 11.5 Å². The lowest BCUT2D eigenvalue weighted by molar-refractivity contribution is 0.102. The molecule has 1 aliphatic rings. The number of anilines is 1. The predicted octanol–water partition coefficient (Wildman–Crippen LogP) is 4.75. The molecule has 0 saturated carbocycles. The van der Waals surface area contributed by atoms with E-state index in [-0.39, 0.29) is 18.1 Å². The highest BCUT2D eigenvalue weighted by molar-refractivity contribution is 6.05. The van der Waals surface area contributed by atoms with Crippen LogP contribution in [0.25, 0.3) is 22.3 Å². The second-order valence-corrected chi connectivity index (χ2v) is 7.08. The van der Waals surface area contributed by atoms with Gasteiger partial charge in [0, 0.05) is 22.9 Å². The van der Waals surface area contributed by atoms with Gasteiger partial charge in [-0.05, 0) is 49.4 Å². The molecule has 0 aliphatic carbocycles. The summed E-state index contributed by atoms with van der Waals surface area (Å²) in [6, 6.07) is 19.2. The number of rotatable bonds is 3. The van der Waals surface area contributed by atoms with Gasteiger partial charge in [-0.25, -0.2) is 0 Å². The average molecular weight is 399 g/mol. The Balaban J connectivity index is 1.45. The largest absolute Gasteiger partial charge is 0.456 e. The normalized spacial score (nSPS) is 12.2. The van der Waals surface area contributed by atoms with Crippen LogP contribution >= 0.6 is 0 Å². The van der Waals surface area contributed by atoms with Crippen molar-refractivity contribution in [2.45, 2.75) is 6.92 Å². The first kappa shape index (κ1) is 18.0. The van der Waals surface area contributed by atoms with E-state index in [9.17, 15) is 9.59 Å². The summed E-state index contributed by atoms with van der Waals surface area (Å²) >= 11 is 0. The van der Waals surface area contributed by atoms with Crippen LogP contribution in [0.1, 0.15) is 15.9 Å². The molecule has 1 N–H and O–H groups in total. The van der Waals surface area contributed by atoms with Crippen molar-refractivity contribution in [3.05, 3.63) is 88.1 Å². The second kappa shape index (κ2) is 7.08. The number of benzene rings is 3. The second-order valence-electron chi connectivity index (χ2n) is 7.08. The van der Waals surface area contributed by atoms with E-state index in [1.54, 1.807) is 36.4 Å². The van der Waals surface area contributed by atoms with Gasteiger partial charge < -0.3 is 19.2 Å². The Morgan fingerprint density at radius 1 is 0.933 bits per heavy atom. The van der Waals surface area contributed by atoms with Crippen LogP contribution in [0.15, 0.2) is 75.9 Å². The van der Waals surface area contributed by atoms with Crippen molar-refractivity contribution in [1.29, 1.82) is 0 Å². The Morgan fingerprint density at radius 2 is 1.80 bits per heavy atom. The lowest BCUT2D eigenvalue weighted by Gasteiger charge is -2.08. The fourth-order valence-electron chi connectivity index (χ4n) is 3.42. The zero-order valence-corrected chi connectivity index (χ0v) is 16.1. The van der Waals surface area contributed by atoms with Gasteiger partial charge >= 0.3 is 0 Å². The van der Waals surface area contributed by atoms with Crippen LogP contribution in [0, 0.1) is 6.92 Å². The number of nitrogens with one attached hydrogen (secondary N) is 1. The Bertz CT molecular complexity index is 1360. The maximum absolute atomic E-state index is 12.7. The summed E-state index contributed by atoms with van der Waals surface area (Å²) in [5.74, 6) is 1.34. The van der Waals surface area contributed by atoms with E-state index in [1.165, 1.54) is 6.07 Å². The van der Waals surface area contributed by atoms with Gasteiger partial charge in [0.1, 0.15) is 11.3 Å². The lowest BCUT2D eigenvalue weighted by Crippen LogP contribution is -2.12. The molecule has 0 unspecified atom stereocenters. The molecular weight excluding hydrogens is 382 g/mol. The molecule has 0 saturated heterocycles. The van der Waals surface area contributed by atoms with Crippen molar-refractivity contribution in [3.63, 3.8) is 0 Å². The van der Waals surface area contributed by atoms with Gasteiger partial charge in [0.05, 0.1) is 5.39 Å². The zero-order valence-electron chi connectivity index (χ0n) is 16.1. The van der Waals surface area contributed by atoms with E-state index in [2.05, 4.69) is 5.32 Å². The molecule has 5 rings (SSSR count). The molecule has 1 aromatic heterocycles. The number of ether oxygens (including phenoxy) is 2. The smallest absolute Gasteiger partial charge is 0.255 e. The first-order chi connectivity index (χ1) is 14.6. The molecular formula is C24H17NO5. The number of hydrogen-bond acceptors (Lipinski definition) is 5. The molecule has 4 aromatic rings. The van der Waals surface area contributed by atoms with Crippen molar-refractivity contribution in [2.75, 3.05) is 12.1 Å². The number of fused-ring (bicyclic) bond motifs is 2. The Hall–Kier alpha value is -4.06. The van der Waals surface area contributed by atoms with Crippen LogP contribution in [0.3, 0.4) is 0 Å². The average Bonchev–Trinajstić information content (AvgIpc) is 3.22. The number of hydrogen-bond donors (Lipinski definition) is 1. The quantitative estimate of drug-likeness (QED) is 0.538. The Morgan fingerprint density at radius 3 is 2.67 bits per heavy atom. The molecule has 1 aliphatic heterocycles. The predicted molar refractivity (Wildman–Crippen MR) is 113 cm³/mol. The van der Waals surface area contributed by atoms with Gasteiger partial charge in [-0.2, -0.15) is 0 Å². The third kappa shape index (κ3) is 3.28. The van der Waals surface area contributed by atoms with Gasteiger partial charge in [-0.1, -0.05) is 23.8 Å². The molecule has 2 heterocycles. The SMILES string of the molecule is Cc1cccc(-c2cc(=O)c3cc(NC(=O)c4ccc5c(c4)OCO5)ccc3o2)c1. The van der Waals surface area contributed by atoms with Crippen LogP contribution in [-0.4, -0.2) is 12.7 Å². The summed E-state index contributed by atoms with van der Waals surface area (Å²) in [4.78, 5) is 25.3. The van der Waals surface area contributed by atoms with Gasteiger partial charge in [0.25, 0.3) is 5.91 Å². The highest BCUT2D eigenvalue weighted by atomic mass is 16.7. The molecule has 0 fully saturated rings. The number of carbonyl (C=O) groups is 1. The molecule has 0 spiro atoms. The number of carbonyl (C=O) groups excluding carboxylic acids is 1. The molecule has 30 heavy (non-hydrogen) atoms. The van der Waals surface area contributed by atoms with Crippen LogP contribution in [0.4, 0.5) is 5.69 Å². The number of amides is 1. The minimum absolute atomic E-state index is 0.144. The molecule has 1 amide bonds. The molecule has 148 valence electrons. The molecule has 3 aromatic carbocycles. The van der Waals surface area contributed by atoms with Gasteiger partial charge in [-0.3, -0.25) is 9.59 Å². The zero-order chi connectivity index (χ0) is 20.7. The van der Waals surface area contributed by atoms with E-state index < -0.39 is 0 Å². The highest BCUT2D eigenvalue weighted by Gasteiger charge is 2.17. The van der Waals surface area contributed by atoms with E-state index in [4.69, 9.17) is 13.9 Å². The molecule has 0 radical (unpaired) electrons. The standard InChI is InChI=1S/C24H17NO5/c1-14-3-2-4-15(9-14)22-12-19(26)18-11-17(6-8-20(18)30-22)25-24(27)16-5-7-21-23(10-16)29-13-28-21/h2-12H,13H2,1H3,(H,25,27). The summed E-state index contributed by atoms with van der Waals surface area (Å²) in [5.41, 5.74) is 3.14. The topological polar surface area (TPSA) is 77.8 Å². The monoisotopic (exact) mass is 399 g/mol. The van der Waals surface area contributed by atoms with Gasteiger partial charge in [0.15, 0.2) is 16.9 Å². The van der Waals surface area contributed by atoms with E-state index in [0.29, 0.717) is 39.5 Å². The minimum Gasteiger partial charge on any atom is -0.456 e. The maximum Gasteiger partial charge on any atom is 0.255 e. The fraction of sp³-hybridized carbons (Fsp3) is 0.0833. The lowest BCUT2D eigenvalue weighted by atomic mass is 10.1. The van der Waals surface area contributed by atoms with Crippen molar-refractivity contribution in [1.82, 2.24) is 0 Å². The van der Waals surface area contributed by atoms with Crippen molar-refractivity contribution >= 4 is 22.6 Å². The van der Waals surface area contributed by atoms with Gasteiger partial charge in [-0.15, -0.1) is 0 Å². The Labute approximate surface area is 171 Å². The molecule has 6 nitrogen and oxygen atoms in total. The van der Waals surface area contributed by atoms with Crippen molar-refractivity contribution < 1.29 is 18.7 Å². The maximum atomic E-state index is 12.7. The molecule has 0 bridgehead atoms. The summed E-state index contributed by atoms with van der Waals surface area (Å²) in [7, 11) is 0. The van der Waals surface area contributed by atoms with E-state index in [1.807, 2.05) is 31.2 Å². The van der Waals surface area contributed by atoms with Gasteiger partial charge in [0.2, 0.25) is 6.79 Å². The summed E-state index contributed by atoms with van der Waals surface area (Å²) < 4.78 is 16.5. The minimum atomic E-state index is -0.312. The third-order valence-corrected chi connectivity index (χ3v) is 4.92. The Kier molecular flexibility index (Phi) is 4.25. The summed E-state index contributed by atoms with van der Waals surface area (Å²) in [5, 5.41) is 3.20. The fourth-order valence-corrected chi connectivity index (χ4v) is 3.42. The number of aryl methyl sites for hydroxylation is 1. The van der Waals surface area contributed by atoms with Crippen LogP contribution in [-0.2, 0) is 0 Å². The van der Waals surface area contributed by atoms with Crippen LogP contribution in [0.2, 0.25) is 0 Å². The molecule has 0 atom stereocenters. The van der Waals surface area contributed by atoms with Crippen LogP contribution < -0.4 is 20.2 Å². The van der Waals surface area contributed by atoms with Crippen molar-refractivity contribution in [2.24, 2.45) is 0 Å². The first-order valence-electron chi connectivity index (χ1n) is 9.43. The highest BCUT2D eigenvalue weighted by Crippen LogP contribution is 2.32. The third-order valence-electron chi connectivity index (χ3n) is 4.92. The van der Waals surface area contributed by atoms with Crippen molar-refractivity contribution in [3.8, 4) is 22.8 Å². The summed E-state index contributed by atoms with van der Waals surface area (Å²) in [6.07, 6.45) is 0. The molecule has 6 heteroatoms. The first-order valence-corrected chi connectivity index (χ1v) is 9.43. The summed E-state index contributed by atoms with van der Waals surface area (Å²) in [6.45, 7) is 2.13. The van der Waals surface area contributed by atoms with E-state index in [0.717, 1.165) is 11.1 Å². The van der Waals surface area contributed by atoms with E-state index >= 15 is 0 Å².